The maximum atomic E-state index is 11.4. The van der Waals surface area contributed by atoms with Crippen molar-refractivity contribution in [2.75, 3.05) is 10.5 Å². The highest BCUT2D eigenvalue weighted by molar-refractivity contribution is 7.86. The molecule has 0 saturated carbocycles. The maximum absolute atomic E-state index is 11.4. The average molecular weight is 208 g/mol. The first-order valence-corrected chi connectivity index (χ1v) is 5.74. The van der Waals surface area contributed by atoms with Gasteiger partial charge in [0, 0.05) is 5.75 Å². The highest BCUT2D eigenvalue weighted by atomic mass is 32.2. The van der Waals surface area contributed by atoms with Crippen molar-refractivity contribution in [2.45, 2.75) is 13.3 Å². The molecule has 1 aromatic rings. The summed E-state index contributed by atoms with van der Waals surface area (Å²) in [4.78, 5) is 0. The van der Waals surface area contributed by atoms with E-state index >= 15 is 0 Å². The molecule has 0 spiro atoms. The largest absolute Gasteiger partial charge is 0.304 e. The van der Waals surface area contributed by atoms with Crippen LogP contribution in [0.3, 0.4) is 0 Å². The molecular formula is C10H12N2OS. The van der Waals surface area contributed by atoms with Crippen LogP contribution < -0.4 is 4.72 Å². The van der Waals surface area contributed by atoms with Gasteiger partial charge < -0.3 is 4.72 Å². The molecule has 0 aliphatic rings. The molecule has 0 aliphatic carbocycles. The van der Waals surface area contributed by atoms with Gasteiger partial charge in [-0.25, -0.2) is 4.21 Å². The zero-order valence-corrected chi connectivity index (χ0v) is 8.80. The van der Waals surface area contributed by atoms with Gasteiger partial charge in [0.05, 0.1) is 11.3 Å². The summed E-state index contributed by atoms with van der Waals surface area (Å²) in [7, 11) is -1.08. The second-order valence-electron chi connectivity index (χ2n) is 2.81. The Kier molecular flexibility index (Phi) is 4.14. The van der Waals surface area contributed by atoms with Gasteiger partial charge in [-0.2, -0.15) is 5.26 Å². The minimum atomic E-state index is -1.08. The van der Waals surface area contributed by atoms with Crippen molar-refractivity contribution in [3.63, 3.8) is 0 Å². The Morgan fingerprint density at radius 1 is 1.50 bits per heavy atom. The van der Waals surface area contributed by atoms with Crippen LogP contribution in [0.5, 0.6) is 0 Å². The zero-order chi connectivity index (χ0) is 10.4. The fourth-order valence-electron chi connectivity index (χ4n) is 1.03. The van der Waals surface area contributed by atoms with E-state index in [2.05, 4.69) is 4.72 Å². The minimum Gasteiger partial charge on any atom is -0.304 e. The summed E-state index contributed by atoms with van der Waals surface area (Å²) in [5.74, 6) is 0.597. The number of nitrogens with zero attached hydrogens (tertiary/aromatic N) is 1. The van der Waals surface area contributed by atoms with Crippen molar-refractivity contribution in [1.82, 2.24) is 0 Å². The number of anilines is 1. The fraction of sp³-hybridized carbons (Fsp3) is 0.300. The van der Waals surface area contributed by atoms with Gasteiger partial charge in [0.1, 0.15) is 17.1 Å². The highest BCUT2D eigenvalue weighted by Crippen LogP contribution is 2.14. The molecule has 4 heteroatoms. The molecule has 0 aromatic heterocycles. The van der Waals surface area contributed by atoms with Crippen LogP contribution in [0.4, 0.5) is 5.69 Å². The molecule has 0 fully saturated rings. The SMILES string of the molecule is CCCS(=O)Nc1ccccc1C#N. The molecule has 0 amide bonds. The normalized spacial score (nSPS) is 11.7. The van der Waals surface area contributed by atoms with Crippen molar-refractivity contribution in [3.05, 3.63) is 29.8 Å². The smallest absolute Gasteiger partial charge is 0.117 e. The summed E-state index contributed by atoms with van der Waals surface area (Å²) in [6, 6.07) is 9.10. The van der Waals surface area contributed by atoms with E-state index in [9.17, 15) is 4.21 Å². The van der Waals surface area contributed by atoms with Gasteiger partial charge >= 0.3 is 0 Å². The summed E-state index contributed by atoms with van der Waals surface area (Å²) < 4.78 is 14.2. The van der Waals surface area contributed by atoms with Gasteiger partial charge in [-0.05, 0) is 18.6 Å². The van der Waals surface area contributed by atoms with E-state index in [0.29, 0.717) is 17.0 Å². The standard InChI is InChI=1S/C10H12N2OS/c1-2-7-14(13)12-10-6-4-3-5-9(10)8-11/h3-6,12H,2,7H2,1H3. The van der Waals surface area contributed by atoms with Crippen molar-refractivity contribution >= 4 is 16.7 Å². The summed E-state index contributed by atoms with van der Waals surface area (Å²) in [5, 5.41) is 8.77. The molecule has 1 atom stereocenters. The Labute approximate surface area is 86.3 Å². The lowest BCUT2D eigenvalue weighted by Crippen LogP contribution is -2.08. The van der Waals surface area contributed by atoms with Crippen molar-refractivity contribution in [3.8, 4) is 6.07 Å². The van der Waals surface area contributed by atoms with Crippen LogP contribution in [0.25, 0.3) is 0 Å². The molecule has 1 rings (SSSR count). The maximum Gasteiger partial charge on any atom is 0.117 e. The fourth-order valence-corrected chi connectivity index (χ4v) is 1.92. The van der Waals surface area contributed by atoms with Crippen LogP contribution >= 0.6 is 0 Å². The zero-order valence-electron chi connectivity index (χ0n) is 7.99. The second kappa shape index (κ2) is 5.40. The predicted molar refractivity (Wildman–Crippen MR) is 58.1 cm³/mol. The van der Waals surface area contributed by atoms with E-state index in [0.717, 1.165) is 6.42 Å². The Hall–Kier alpha value is -1.34. The van der Waals surface area contributed by atoms with Gasteiger partial charge in [-0.3, -0.25) is 0 Å². The first-order valence-electron chi connectivity index (χ1n) is 4.42. The third-order valence-electron chi connectivity index (χ3n) is 1.66. The predicted octanol–water partition coefficient (Wildman–Crippen LogP) is 2.04. The number of nitrogens with one attached hydrogen (secondary N) is 1. The summed E-state index contributed by atoms with van der Waals surface area (Å²) in [6.07, 6.45) is 0.855. The molecule has 1 unspecified atom stereocenters. The van der Waals surface area contributed by atoms with Crippen molar-refractivity contribution < 1.29 is 4.21 Å². The van der Waals surface area contributed by atoms with Crippen LogP contribution in [0.1, 0.15) is 18.9 Å². The lowest BCUT2D eigenvalue weighted by atomic mass is 10.2. The molecule has 0 saturated heterocycles. The van der Waals surface area contributed by atoms with Gasteiger partial charge in [0.2, 0.25) is 0 Å². The third kappa shape index (κ3) is 2.86. The van der Waals surface area contributed by atoms with Gasteiger partial charge in [0.25, 0.3) is 0 Å². The number of hydrogen-bond acceptors (Lipinski definition) is 2. The van der Waals surface area contributed by atoms with E-state index in [4.69, 9.17) is 5.26 Å². The van der Waals surface area contributed by atoms with Crippen LogP contribution in [0.15, 0.2) is 24.3 Å². The van der Waals surface area contributed by atoms with Crippen LogP contribution in [0, 0.1) is 11.3 Å². The lowest BCUT2D eigenvalue weighted by Gasteiger charge is -2.05. The van der Waals surface area contributed by atoms with Gasteiger partial charge in [-0.15, -0.1) is 0 Å². The van der Waals surface area contributed by atoms with Crippen LogP contribution in [-0.2, 0) is 11.0 Å². The number of nitriles is 1. The van der Waals surface area contributed by atoms with Crippen LogP contribution in [-0.4, -0.2) is 9.96 Å². The van der Waals surface area contributed by atoms with E-state index in [1.54, 1.807) is 18.2 Å². The molecule has 0 aliphatic heterocycles. The Morgan fingerprint density at radius 3 is 2.86 bits per heavy atom. The molecule has 0 bridgehead atoms. The molecule has 14 heavy (non-hydrogen) atoms. The first-order chi connectivity index (χ1) is 6.77. The monoisotopic (exact) mass is 208 g/mol. The summed E-state index contributed by atoms with van der Waals surface area (Å²) in [6.45, 7) is 1.97. The molecular weight excluding hydrogens is 196 g/mol. The summed E-state index contributed by atoms with van der Waals surface area (Å²) >= 11 is 0. The van der Waals surface area contributed by atoms with Gasteiger partial charge in [-0.1, -0.05) is 19.1 Å². The summed E-state index contributed by atoms with van der Waals surface area (Å²) in [5.41, 5.74) is 1.17. The quantitative estimate of drug-likeness (QED) is 0.823. The topological polar surface area (TPSA) is 52.9 Å². The molecule has 1 aromatic carbocycles. The third-order valence-corrected chi connectivity index (χ3v) is 2.89. The molecule has 74 valence electrons. The first kappa shape index (κ1) is 10.7. The Morgan fingerprint density at radius 2 is 2.21 bits per heavy atom. The molecule has 0 heterocycles. The number of hydrogen-bond donors (Lipinski definition) is 1. The van der Waals surface area contributed by atoms with E-state index < -0.39 is 11.0 Å². The molecule has 0 radical (unpaired) electrons. The second-order valence-corrected chi connectivity index (χ2v) is 4.11. The van der Waals surface area contributed by atoms with E-state index in [1.807, 2.05) is 19.1 Å². The van der Waals surface area contributed by atoms with E-state index in [-0.39, 0.29) is 0 Å². The Balaban J connectivity index is 2.77. The number of rotatable bonds is 4. The highest BCUT2D eigenvalue weighted by Gasteiger charge is 2.02. The van der Waals surface area contributed by atoms with Gasteiger partial charge in [0.15, 0.2) is 0 Å². The van der Waals surface area contributed by atoms with E-state index in [1.165, 1.54) is 0 Å². The molecule has 1 N–H and O–H groups in total. The Bertz CT molecular complexity index is 371. The van der Waals surface area contributed by atoms with Crippen LogP contribution in [0.2, 0.25) is 0 Å². The molecule has 3 nitrogen and oxygen atoms in total. The minimum absolute atomic E-state index is 0.525. The average Bonchev–Trinajstić information content (AvgIpc) is 2.19. The van der Waals surface area contributed by atoms with Crippen molar-refractivity contribution in [2.24, 2.45) is 0 Å². The number of benzene rings is 1. The number of para-hydroxylation sites is 1. The lowest BCUT2D eigenvalue weighted by molar-refractivity contribution is 0.685. The van der Waals surface area contributed by atoms with Crippen molar-refractivity contribution in [1.29, 1.82) is 5.26 Å².